The van der Waals surface area contributed by atoms with E-state index in [2.05, 4.69) is 27.7 Å². The molecule has 0 aromatic carbocycles. The van der Waals surface area contributed by atoms with E-state index < -0.39 is 0 Å². The fourth-order valence-corrected chi connectivity index (χ4v) is 1.87. The molecule has 0 amide bonds. The van der Waals surface area contributed by atoms with E-state index in [0.29, 0.717) is 5.41 Å². The Morgan fingerprint density at radius 2 is 1.90 bits per heavy atom. The van der Waals surface area contributed by atoms with E-state index in [-0.39, 0.29) is 9.76 Å². The summed E-state index contributed by atoms with van der Waals surface area (Å²) in [5.41, 5.74) is 0.362. The Hall–Kier alpha value is 0.177. The van der Waals surface area contributed by atoms with Gasteiger partial charge in [0.2, 0.25) is 0 Å². The van der Waals surface area contributed by atoms with Crippen LogP contribution in [-0.2, 0) is 4.43 Å². The molecule has 0 aromatic rings. The summed E-state index contributed by atoms with van der Waals surface area (Å²) in [5, 5.41) is 0. The van der Waals surface area contributed by atoms with Gasteiger partial charge in [-0.05, 0) is 11.5 Å². The Morgan fingerprint density at radius 1 is 1.30 bits per heavy atom. The predicted octanol–water partition coefficient (Wildman–Crippen LogP) is 1.96. The van der Waals surface area contributed by atoms with Crippen molar-refractivity contribution in [3.8, 4) is 0 Å². The van der Waals surface area contributed by atoms with Crippen LogP contribution in [0.4, 0.5) is 0 Å². The fourth-order valence-electron chi connectivity index (χ4n) is 0.625. The van der Waals surface area contributed by atoms with Gasteiger partial charge in [0.25, 0.3) is 0 Å². The van der Waals surface area contributed by atoms with E-state index in [1.807, 2.05) is 0 Å². The second-order valence-electron chi connectivity index (χ2n) is 3.97. The summed E-state index contributed by atoms with van der Waals surface area (Å²) in [6.45, 7) is 9.81. The molecule has 0 bridgehead atoms. The van der Waals surface area contributed by atoms with Crippen LogP contribution in [0, 0.1) is 5.41 Å². The molecule has 0 fully saturated rings. The topological polar surface area (TPSA) is 9.23 Å². The van der Waals surface area contributed by atoms with E-state index in [0.717, 1.165) is 6.61 Å². The lowest BCUT2D eigenvalue weighted by molar-refractivity contribution is 0.205. The van der Waals surface area contributed by atoms with Gasteiger partial charge in [0.15, 0.2) is 9.76 Å². The molecule has 0 aliphatic rings. The van der Waals surface area contributed by atoms with E-state index in [1.54, 1.807) is 0 Å². The molecular formula is C8H20OSi. The summed E-state index contributed by atoms with van der Waals surface area (Å²) in [5.74, 6) is 0. The van der Waals surface area contributed by atoms with Crippen molar-refractivity contribution >= 4 is 9.76 Å². The average Bonchev–Trinajstić information content (AvgIpc) is 1.78. The Labute approximate surface area is 67.1 Å². The van der Waals surface area contributed by atoms with Crippen molar-refractivity contribution in [2.45, 2.75) is 40.2 Å². The van der Waals surface area contributed by atoms with Crippen LogP contribution in [0.1, 0.15) is 34.1 Å². The molecule has 2 heteroatoms. The van der Waals surface area contributed by atoms with E-state index >= 15 is 0 Å². The first-order chi connectivity index (χ1) is 4.56. The van der Waals surface area contributed by atoms with Crippen LogP contribution in [0.5, 0.6) is 0 Å². The molecule has 10 heavy (non-hydrogen) atoms. The van der Waals surface area contributed by atoms with Gasteiger partial charge in [0, 0.05) is 6.61 Å². The van der Waals surface area contributed by atoms with Crippen molar-refractivity contribution in [3.05, 3.63) is 0 Å². The van der Waals surface area contributed by atoms with Gasteiger partial charge < -0.3 is 4.43 Å². The molecular weight excluding hydrogens is 140 g/mol. The SMILES string of the molecule is CCC[SiH2]OCC(C)(C)C. The smallest absolute Gasteiger partial charge is 0.161 e. The Kier molecular flexibility index (Phi) is 5.00. The van der Waals surface area contributed by atoms with Gasteiger partial charge in [-0.3, -0.25) is 0 Å². The average molecular weight is 160 g/mol. The molecule has 0 rings (SSSR count). The first-order valence-corrected chi connectivity index (χ1v) is 5.72. The van der Waals surface area contributed by atoms with Crippen LogP contribution in [0.25, 0.3) is 0 Å². The maximum atomic E-state index is 5.58. The Morgan fingerprint density at radius 3 is 2.30 bits per heavy atom. The third-order valence-corrected chi connectivity index (χ3v) is 2.67. The molecule has 0 aliphatic carbocycles. The summed E-state index contributed by atoms with van der Waals surface area (Å²) in [6, 6.07) is 1.33. The highest BCUT2D eigenvalue weighted by atomic mass is 28.2. The van der Waals surface area contributed by atoms with Gasteiger partial charge >= 0.3 is 0 Å². The zero-order valence-electron chi connectivity index (χ0n) is 7.74. The van der Waals surface area contributed by atoms with Crippen LogP contribution in [0.2, 0.25) is 6.04 Å². The molecule has 0 N–H and O–H groups in total. The fraction of sp³-hybridized carbons (Fsp3) is 1.00. The third-order valence-electron chi connectivity index (χ3n) is 1.18. The van der Waals surface area contributed by atoms with E-state index in [4.69, 9.17) is 4.43 Å². The number of hydrogen-bond acceptors (Lipinski definition) is 1. The highest BCUT2D eigenvalue weighted by molar-refractivity contribution is 6.26. The molecule has 0 heterocycles. The van der Waals surface area contributed by atoms with Crippen molar-refractivity contribution < 1.29 is 4.43 Å². The van der Waals surface area contributed by atoms with Gasteiger partial charge in [-0.15, -0.1) is 0 Å². The van der Waals surface area contributed by atoms with Crippen molar-refractivity contribution in [1.82, 2.24) is 0 Å². The normalized spacial score (nSPS) is 13.2. The predicted molar refractivity (Wildman–Crippen MR) is 49.0 cm³/mol. The van der Waals surface area contributed by atoms with Crippen molar-refractivity contribution in [2.75, 3.05) is 6.61 Å². The highest BCUT2D eigenvalue weighted by Gasteiger charge is 2.08. The monoisotopic (exact) mass is 160 g/mol. The van der Waals surface area contributed by atoms with Gasteiger partial charge in [0.05, 0.1) is 0 Å². The molecule has 0 saturated carbocycles. The first-order valence-electron chi connectivity index (χ1n) is 4.14. The molecule has 0 spiro atoms. The zero-order chi connectivity index (χ0) is 8.04. The van der Waals surface area contributed by atoms with E-state index in [9.17, 15) is 0 Å². The van der Waals surface area contributed by atoms with E-state index in [1.165, 1.54) is 12.5 Å². The van der Waals surface area contributed by atoms with Crippen LogP contribution < -0.4 is 0 Å². The van der Waals surface area contributed by atoms with Crippen molar-refractivity contribution in [1.29, 1.82) is 0 Å². The molecule has 0 atom stereocenters. The van der Waals surface area contributed by atoms with Crippen LogP contribution in [0.15, 0.2) is 0 Å². The maximum Gasteiger partial charge on any atom is 0.161 e. The summed E-state index contributed by atoms with van der Waals surface area (Å²) in [4.78, 5) is 0. The lowest BCUT2D eigenvalue weighted by Crippen LogP contribution is -2.16. The minimum atomic E-state index is -0.169. The molecule has 0 unspecified atom stereocenters. The summed E-state index contributed by atoms with van der Waals surface area (Å²) >= 11 is 0. The molecule has 0 radical (unpaired) electrons. The van der Waals surface area contributed by atoms with Gasteiger partial charge in [-0.1, -0.05) is 34.1 Å². The number of rotatable bonds is 4. The van der Waals surface area contributed by atoms with Crippen LogP contribution in [-0.4, -0.2) is 16.4 Å². The van der Waals surface area contributed by atoms with Crippen LogP contribution >= 0.6 is 0 Å². The summed E-state index contributed by atoms with van der Waals surface area (Å²) in [7, 11) is -0.169. The van der Waals surface area contributed by atoms with Crippen molar-refractivity contribution in [2.24, 2.45) is 5.41 Å². The lowest BCUT2D eigenvalue weighted by Gasteiger charge is -2.17. The molecule has 1 nitrogen and oxygen atoms in total. The lowest BCUT2D eigenvalue weighted by atomic mass is 9.99. The number of hydrogen-bond donors (Lipinski definition) is 0. The summed E-state index contributed by atoms with van der Waals surface area (Å²) in [6.07, 6.45) is 1.29. The standard InChI is InChI=1S/C8H20OSi/c1-5-6-10-9-7-8(2,3)4/h5-7,10H2,1-4H3. The van der Waals surface area contributed by atoms with Gasteiger partial charge in [0.1, 0.15) is 0 Å². The Bertz CT molecular complexity index is 75.8. The van der Waals surface area contributed by atoms with Gasteiger partial charge in [-0.25, -0.2) is 0 Å². The largest absolute Gasteiger partial charge is 0.423 e. The Balaban J connectivity index is 3.04. The van der Waals surface area contributed by atoms with Crippen LogP contribution in [0.3, 0.4) is 0 Å². The maximum absolute atomic E-state index is 5.58. The second kappa shape index (κ2) is 4.91. The zero-order valence-corrected chi connectivity index (χ0v) is 9.15. The molecule has 62 valence electrons. The van der Waals surface area contributed by atoms with Gasteiger partial charge in [-0.2, -0.15) is 0 Å². The molecule has 0 aliphatic heterocycles. The minimum absolute atomic E-state index is 0.169. The first kappa shape index (κ1) is 10.2. The quantitative estimate of drug-likeness (QED) is 0.451. The summed E-state index contributed by atoms with van der Waals surface area (Å²) < 4.78 is 5.58. The molecule has 0 aromatic heterocycles. The molecule has 0 saturated heterocycles. The highest BCUT2D eigenvalue weighted by Crippen LogP contribution is 2.12. The minimum Gasteiger partial charge on any atom is -0.423 e. The van der Waals surface area contributed by atoms with Crippen molar-refractivity contribution in [3.63, 3.8) is 0 Å². The third kappa shape index (κ3) is 8.18. The second-order valence-corrected chi connectivity index (χ2v) is 5.49.